The lowest BCUT2D eigenvalue weighted by molar-refractivity contribution is -0.140. The van der Waals surface area contributed by atoms with E-state index < -0.39 is 0 Å². The van der Waals surface area contributed by atoms with Gasteiger partial charge >= 0.3 is 5.97 Å². The smallest absolute Gasteiger partial charge is 0.305 e. The Hall–Kier alpha value is -1.78. The van der Waals surface area contributed by atoms with Gasteiger partial charge in [-0.1, -0.05) is 0 Å². The van der Waals surface area contributed by atoms with E-state index in [1.165, 1.54) is 7.11 Å². The summed E-state index contributed by atoms with van der Waals surface area (Å²) < 4.78 is 4.58. The Labute approximate surface area is 93.2 Å². The van der Waals surface area contributed by atoms with Crippen LogP contribution in [-0.2, 0) is 27.2 Å². The first-order chi connectivity index (χ1) is 7.70. The number of hydrogen-bond acceptors (Lipinski definition) is 4. The molecule has 1 aliphatic heterocycles. The maximum absolute atomic E-state index is 11.3. The molecule has 0 bridgehead atoms. The molecule has 86 valence electrons. The van der Waals surface area contributed by atoms with E-state index in [4.69, 9.17) is 0 Å². The molecule has 0 saturated heterocycles. The van der Waals surface area contributed by atoms with Crippen LogP contribution in [0, 0.1) is 0 Å². The van der Waals surface area contributed by atoms with E-state index in [0.717, 1.165) is 16.9 Å². The van der Waals surface area contributed by atoms with Crippen LogP contribution in [0.15, 0.2) is 6.20 Å². The Morgan fingerprint density at radius 2 is 2.38 bits per heavy atom. The molecule has 1 aromatic rings. The monoisotopic (exact) mass is 222 g/mol. The molecule has 0 fully saturated rings. The SMILES string of the molecule is COC(=O)CCc1c[nH]c2c1CC(=O)CN2. The number of carbonyl (C=O) groups is 2. The van der Waals surface area contributed by atoms with Crippen molar-refractivity contribution in [3.63, 3.8) is 0 Å². The molecule has 1 aromatic heterocycles. The Bertz CT molecular complexity index is 423. The number of nitrogens with one attached hydrogen (secondary N) is 2. The van der Waals surface area contributed by atoms with Crippen LogP contribution in [0.25, 0.3) is 0 Å². The Morgan fingerprint density at radius 3 is 3.12 bits per heavy atom. The van der Waals surface area contributed by atoms with Gasteiger partial charge in [0.05, 0.1) is 13.7 Å². The van der Waals surface area contributed by atoms with Crippen LogP contribution in [0.5, 0.6) is 0 Å². The minimum absolute atomic E-state index is 0.173. The quantitative estimate of drug-likeness (QED) is 0.737. The first-order valence-electron chi connectivity index (χ1n) is 5.22. The molecule has 0 aromatic carbocycles. The minimum Gasteiger partial charge on any atom is -0.469 e. The van der Waals surface area contributed by atoms with Crippen molar-refractivity contribution in [2.45, 2.75) is 19.3 Å². The van der Waals surface area contributed by atoms with E-state index in [9.17, 15) is 9.59 Å². The van der Waals surface area contributed by atoms with Crippen molar-refractivity contribution in [2.75, 3.05) is 19.0 Å². The second kappa shape index (κ2) is 4.38. The van der Waals surface area contributed by atoms with Crippen molar-refractivity contribution in [1.82, 2.24) is 4.98 Å². The molecule has 0 amide bonds. The van der Waals surface area contributed by atoms with Crippen LogP contribution < -0.4 is 5.32 Å². The van der Waals surface area contributed by atoms with Gasteiger partial charge in [-0.3, -0.25) is 9.59 Å². The molecule has 0 atom stereocenters. The number of esters is 1. The predicted octanol–water partition coefficient (Wildman–Crippen LogP) is 0.657. The second-order valence-corrected chi connectivity index (χ2v) is 3.81. The van der Waals surface area contributed by atoms with Crippen LogP contribution in [0.1, 0.15) is 17.5 Å². The molecule has 5 nitrogen and oxygen atoms in total. The highest BCUT2D eigenvalue weighted by molar-refractivity contribution is 5.89. The Morgan fingerprint density at radius 1 is 1.56 bits per heavy atom. The number of Topliss-reactive ketones (excluding diaryl/α,β-unsaturated/α-hetero) is 1. The van der Waals surface area contributed by atoms with Crippen LogP contribution in [-0.4, -0.2) is 30.4 Å². The third kappa shape index (κ3) is 2.08. The van der Waals surface area contributed by atoms with Crippen molar-refractivity contribution in [3.05, 3.63) is 17.3 Å². The zero-order chi connectivity index (χ0) is 11.5. The molecule has 0 aliphatic carbocycles. The molecule has 5 heteroatoms. The van der Waals surface area contributed by atoms with Crippen LogP contribution in [0.2, 0.25) is 0 Å². The Kier molecular flexibility index (Phi) is 2.94. The van der Waals surface area contributed by atoms with Gasteiger partial charge in [0.25, 0.3) is 0 Å². The van der Waals surface area contributed by atoms with E-state index in [0.29, 0.717) is 25.8 Å². The summed E-state index contributed by atoms with van der Waals surface area (Å²) in [5.74, 6) is 0.843. The number of anilines is 1. The fourth-order valence-electron chi connectivity index (χ4n) is 1.86. The van der Waals surface area contributed by atoms with Crippen molar-refractivity contribution < 1.29 is 14.3 Å². The molecule has 0 radical (unpaired) electrons. The predicted molar refractivity (Wildman–Crippen MR) is 58.3 cm³/mol. The lowest BCUT2D eigenvalue weighted by atomic mass is 10.0. The topological polar surface area (TPSA) is 71.2 Å². The molecule has 2 rings (SSSR count). The van der Waals surface area contributed by atoms with Gasteiger partial charge in [0.2, 0.25) is 0 Å². The van der Waals surface area contributed by atoms with Gasteiger partial charge in [-0.15, -0.1) is 0 Å². The molecular formula is C11H14N2O3. The van der Waals surface area contributed by atoms with Gasteiger partial charge in [-0.2, -0.15) is 0 Å². The van der Waals surface area contributed by atoms with Crippen LogP contribution in [0.3, 0.4) is 0 Å². The van der Waals surface area contributed by atoms with Crippen molar-refractivity contribution in [1.29, 1.82) is 0 Å². The highest BCUT2D eigenvalue weighted by atomic mass is 16.5. The average Bonchev–Trinajstić information content (AvgIpc) is 2.68. The van der Waals surface area contributed by atoms with Crippen molar-refractivity contribution in [3.8, 4) is 0 Å². The second-order valence-electron chi connectivity index (χ2n) is 3.81. The molecule has 16 heavy (non-hydrogen) atoms. The highest BCUT2D eigenvalue weighted by Gasteiger charge is 2.20. The molecule has 0 spiro atoms. The number of methoxy groups -OCH3 is 1. The lowest BCUT2D eigenvalue weighted by Gasteiger charge is -2.13. The minimum atomic E-state index is -0.231. The number of hydrogen-bond donors (Lipinski definition) is 2. The van der Waals surface area contributed by atoms with Crippen LogP contribution >= 0.6 is 0 Å². The number of aromatic nitrogens is 1. The summed E-state index contributed by atoms with van der Waals surface area (Å²) in [6, 6.07) is 0. The highest BCUT2D eigenvalue weighted by Crippen LogP contribution is 2.24. The number of ether oxygens (including phenoxy) is 1. The van der Waals surface area contributed by atoms with E-state index in [1.807, 2.05) is 6.20 Å². The zero-order valence-corrected chi connectivity index (χ0v) is 9.13. The first kappa shape index (κ1) is 10.7. The third-order valence-electron chi connectivity index (χ3n) is 2.74. The number of carbonyl (C=O) groups excluding carboxylic acids is 2. The van der Waals surface area contributed by atoms with Gasteiger partial charge in [0.1, 0.15) is 5.82 Å². The van der Waals surface area contributed by atoms with Gasteiger partial charge in [0, 0.05) is 24.6 Å². The maximum Gasteiger partial charge on any atom is 0.305 e. The van der Waals surface area contributed by atoms with Crippen molar-refractivity contribution >= 4 is 17.6 Å². The molecule has 0 unspecified atom stereocenters. The van der Waals surface area contributed by atoms with Crippen molar-refractivity contribution in [2.24, 2.45) is 0 Å². The summed E-state index contributed by atoms with van der Waals surface area (Å²) in [4.78, 5) is 25.4. The summed E-state index contributed by atoms with van der Waals surface area (Å²) in [6.45, 7) is 0.379. The van der Waals surface area contributed by atoms with E-state index in [-0.39, 0.29) is 11.8 Å². The summed E-state index contributed by atoms with van der Waals surface area (Å²) >= 11 is 0. The summed E-state index contributed by atoms with van der Waals surface area (Å²) in [7, 11) is 1.37. The summed E-state index contributed by atoms with van der Waals surface area (Å²) in [5, 5.41) is 3.01. The number of rotatable bonds is 3. The number of aromatic amines is 1. The lowest BCUT2D eigenvalue weighted by Crippen LogP contribution is -2.22. The number of ketones is 1. The number of fused-ring (bicyclic) bond motifs is 1. The largest absolute Gasteiger partial charge is 0.469 e. The zero-order valence-electron chi connectivity index (χ0n) is 9.13. The number of aryl methyl sites for hydroxylation is 1. The van der Waals surface area contributed by atoms with E-state index in [2.05, 4.69) is 15.0 Å². The normalized spacial score (nSPS) is 14.2. The van der Waals surface area contributed by atoms with Gasteiger partial charge in [-0.25, -0.2) is 0 Å². The standard InChI is InChI=1S/C11H14N2O3/c1-16-10(15)3-2-7-5-12-11-9(7)4-8(14)6-13-11/h5,12-13H,2-4,6H2,1H3. The fraction of sp³-hybridized carbons (Fsp3) is 0.455. The van der Waals surface area contributed by atoms with Crippen LogP contribution in [0.4, 0.5) is 5.82 Å². The molecule has 1 aliphatic rings. The van der Waals surface area contributed by atoms with Gasteiger partial charge in [-0.05, 0) is 12.0 Å². The molecule has 0 saturated carbocycles. The van der Waals surface area contributed by atoms with E-state index >= 15 is 0 Å². The van der Waals surface area contributed by atoms with Gasteiger partial charge < -0.3 is 15.0 Å². The maximum atomic E-state index is 11.3. The first-order valence-corrected chi connectivity index (χ1v) is 5.22. The fourth-order valence-corrected chi connectivity index (χ4v) is 1.86. The average molecular weight is 222 g/mol. The third-order valence-corrected chi connectivity index (χ3v) is 2.74. The van der Waals surface area contributed by atoms with Gasteiger partial charge in [0.15, 0.2) is 5.78 Å². The molecule has 2 N–H and O–H groups in total. The molecule has 2 heterocycles. The number of H-pyrrole nitrogens is 1. The summed E-state index contributed by atoms with van der Waals surface area (Å²) in [6.07, 6.45) is 3.24. The van der Waals surface area contributed by atoms with E-state index in [1.54, 1.807) is 0 Å². The summed E-state index contributed by atoms with van der Waals surface area (Å²) in [5.41, 5.74) is 2.00. The Balaban J connectivity index is 2.08. The molecular weight excluding hydrogens is 208 g/mol.